The number of hydrogen-bond acceptors (Lipinski definition) is 23. The van der Waals surface area contributed by atoms with Crippen LogP contribution in [0, 0.1) is 23.7 Å². The maximum Gasteiger partial charge on any atom is 0.328 e. The predicted molar refractivity (Wildman–Crippen MR) is 395 cm³/mol. The normalized spacial score (nSPS) is 16.8. The molecule has 39 nitrogen and oxygen atoms in total. The summed E-state index contributed by atoms with van der Waals surface area (Å²) >= 11 is 3.94. The number of nitrogens with zero attached hydrogens (tertiary/aromatic N) is 1. The molecule has 0 aliphatic carbocycles. The standard InChI is InChI=1S/C68H120N18O21S/c1-11-36(7)53(84-55(93)38(9)74-51(90)30-73-56(94)40(71)33-108)66(104)82-47(31-87)63(101)81-45(28-34(3)4)61(99)75-39(10)67(105)86-27-17-20-49(86)64(102)78-41(18-13-15-25-69)58(96)80-46(29-35(5)6)62(100)77-43(21-23-50(72)89)60(98)85-54(37(8)12-2)65(103)79-42(19-14-16-26-70)57(95)76-44(22-24-52(91)92)59(97)83-48(32-88)68(106)107/h34-49,53-54,87-88,108H,11-33,69-71H2,1-10H3,(H2,72,89)(H,73,94)(H,74,90)(H,75,99)(H,76,95)(H,77,100)(H,78,102)(H,79,103)(H,80,96)(H,81,101)(H,82,104)(H,83,97)(H,84,93)(H,85,98)(H,91,92)(H,106,107)/t36-,37-,38-,39-,40-,41-,42-,43-,44-,45-,46-,47-,48-,49-,53-,54-/m0/s1. The van der Waals surface area contributed by atoms with Crippen molar-refractivity contribution in [1.82, 2.24) is 74.0 Å². The van der Waals surface area contributed by atoms with E-state index in [0.717, 1.165) is 0 Å². The van der Waals surface area contributed by atoms with E-state index in [1.807, 2.05) is 5.32 Å². The number of unbranched alkanes of at least 4 members (excludes halogenated alkanes) is 2. The van der Waals surface area contributed by atoms with E-state index < -0.39 is 242 Å². The summed E-state index contributed by atoms with van der Waals surface area (Å²) in [6, 6.07) is -19.9. The summed E-state index contributed by atoms with van der Waals surface area (Å²) in [5.74, 6) is -18.1. The van der Waals surface area contributed by atoms with E-state index in [2.05, 4.69) is 76.4 Å². The topological polar surface area (TPSA) is 635 Å². The van der Waals surface area contributed by atoms with E-state index in [4.69, 9.17) is 22.9 Å². The van der Waals surface area contributed by atoms with E-state index in [1.165, 1.54) is 18.7 Å². The Labute approximate surface area is 635 Å². The number of carboxylic acid groups (broad SMARTS) is 2. The summed E-state index contributed by atoms with van der Waals surface area (Å²) < 4.78 is 0. The van der Waals surface area contributed by atoms with Gasteiger partial charge in [-0.3, -0.25) is 76.7 Å². The van der Waals surface area contributed by atoms with Crippen molar-refractivity contribution >= 4 is 113 Å². The van der Waals surface area contributed by atoms with Crippen molar-refractivity contribution in [2.24, 2.45) is 46.6 Å². The van der Waals surface area contributed by atoms with E-state index >= 15 is 0 Å². The molecule has 0 radical (unpaired) electrons. The minimum absolute atomic E-state index is 0.00899. The van der Waals surface area contributed by atoms with Crippen LogP contribution in [-0.4, -0.2) is 256 Å². The Morgan fingerprint density at radius 3 is 1.30 bits per heavy atom. The number of aliphatic hydroxyl groups is 2. The lowest BCUT2D eigenvalue weighted by atomic mass is 9.96. The zero-order valence-electron chi connectivity index (χ0n) is 63.6. The van der Waals surface area contributed by atoms with Crippen LogP contribution < -0.4 is 92.1 Å². The largest absolute Gasteiger partial charge is 0.481 e. The molecular weight excluding hydrogens is 1440 g/mol. The minimum atomic E-state index is -1.82. The van der Waals surface area contributed by atoms with Crippen LogP contribution in [0.4, 0.5) is 0 Å². The molecule has 1 saturated heterocycles. The number of carboxylic acids is 2. The lowest BCUT2D eigenvalue weighted by Gasteiger charge is -2.31. The summed E-state index contributed by atoms with van der Waals surface area (Å²) in [6.07, 6.45) is -0.0757. The van der Waals surface area contributed by atoms with Gasteiger partial charge in [-0.05, 0) is 128 Å². The summed E-state index contributed by atoms with van der Waals surface area (Å²) in [5, 5.41) is 71.0. The first-order chi connectivity index (χ1) is 50.7. The zero-order valence-corrected chi connectivity index (χ0v) is 64.5. The van der Waals surface area contributed by atoms with Gasteiger partial charge < -0.3 is 117 Å². The first-order valence-electron chi connectivity index (χ1n) is 36.7. The second kappa shape index (κ2) is 50.7. The van der Waals surface area contributed by atoms with Crippen LogP contribution in [0.25, 0.3) is 0 Å². The molecule has 1 aliphatic heterocycles. The fourth-order valence-electron chi connectivity index (χ4n) is 11.2. The lowest BCUT2D eigenvalue weighted by molar-refractivity contribution is -0.144. The molecule has 0 aromatic carbocycles. The highest BCUT2D eigenvalue weighted by Gasteiger charge is 2.41. The van der Waals surface area contributed by atoms with Crippen LogP contribution in [0.5, 0.6) is 0 Å². The molecule has 1 rings (SSSR count). The number of carbonyl (C=O) groups excluding carboxylic acids is 15. The molecule has 0 spiro atoms. The van der Waals surface area contributed by atoms with E-state index in [9.17, 15) is 102 Å². The van der Waals surface area contributed by atoms with Gasteiger partial charge in [0.2, 0.25) is 88.6 Å². The summed E-state index contributed by atoms with van der Waals surface area (Å²) in [7, 11) is 0. The van der Waals surface area contributed by atoms with Gasteiger partial charge >= 0.3 is 11.9 Å². The maximum absolute atomic E-state index is 14.5. The Morgan fingerprint density at radius 2 is 0.861 bits per heavy atom. The number of thiol groups is 1. The van der Waals surface area contributed by atoms with Gasteiger partial charge in [-0.1, -0.05) is 68.2 Å². The number of rotatable bonds is 53. The van der Waals surface area contributed by atoms with Crippen molar-refractivity contribution in [3.05, 3.63) is 0 Å². The van der Waals surface area contributed by atoms with Gasteiger partial charge in [-0.25, -0.2) is 4.79 Å². The third kappa shape index (κ3) is 35.0. The van der Waals surface area contributed by atoms with E-state index in [-0.39, 0.29) is 88.6 Å². The molecular formula is C68H120N18O21S. The van der Waals surface area contributed by atoms with Crippen molar-refractivity contribution in [3.8, 4) is 0 Å². The molecule has 0 aromatic heterocycles. The number of likely N-dealkylation sites (tertiary alicyclic amines) is 1. The van der Waals surface area contributed by atoms with Crippen molar-refractivity contribution in [1.29, 1.82) is 0 Å². The Kier molecular flexibility index (Phi) is 45.6. The second-order valence-electron chi connectivity index (χ2n) is 27.9. The molecule has 40 heteroatoms. The molecule has 0 aromatic rings. The number of primary amides is 1. The molecule has 614 valence electrons. The number of hydrogen-bond donors (Lipinski definition) is 22. The van der Waals surface area contributed by atoms with E-state index in [1.54, 1.807) is 55.4 Å². The number of nitrogens with one attached hydrogen (secondary N) is 13. The number of amides is 15. The third-order valence-corrected chi connectivity index (χ3v) is 18.3. The molecule has 0 bridgehead atoms. The van der Waals surface area contributed by atoms with Gasteiger partial charge in [0.15, 0.2) is 0 Å². The first-order valence-corrected chi connectivity index (χ1v) is 37.3. The quantitative estimate of drug-likeness (QED) is 0.0199. The Balaban J connectivity index is 3.49. The SMILES string of the molecule is CC[C@H](C)[C@H](NC(=O)[C@H](C)NC(=O)CNC(=O)[C@@H](N)CS)C(=O)N[C@@H](CO)C(=O)N[C@@H](CC(C)C)C(=O)N[C@@H](C)C(=O)N1CCC[C@H]1C(=O)N[C@@H](CCCCN)C(=O)N[C@@H](CC(C)C)C(=O)N[C@@H](CCC(N)=O)C(=O)N[C@H](C(=O)N[C@@H](CCCCN)C(=O)N[C@@H](CCC(=O)O)C(=O)N[C@@H](CO)C(=O)O)[C@@H](C)CC. The van der Waals surface area contributed by atoms with Crippen molar-refractivity contribution < 1.29 is 102 Å². The highest BCUT2D eigenvalue weighted by Crippen LogP contribution is 2.21. The van der Waals surface area contributed by atoms with Crippen LogP contribution in [-0.2, 0) is 81.5 Å². The zero-order chi connectivity index (χ0) is 82.2. The summed E-state index contributed by atoms with van der Waals surface area (Å²) in [6.45, 7) is 14.1. The van der Waals surface area contributed by atoms with Crippen LogP contribution in [0.1, 0.15) is 172 Å². The fraction of sp³-hybridized carbons (Fsp3) is 0.750. The minimum Gasteiger partial charge on any atom is -0.481 e. The molecule has 108 heavy (non-hydrogen) atoms. The van der Waals surface area contributed by atoms with Gasteiger partial charge in [-0.2, -0.15) is 12.6 Å². The van der Waals surface area contributed by atoms with Crippen LogP contribution in [0.15, 0.2) is 0 Å². The molecule has 1 heterocycles. The second-order valence-corrected chi connectivity index (χ2v) is 28.3. The van der Waals surface area contributed by atoms with Gasteiger partial charge in [0.1, 0.15) is 78.5 Å². The van der Waals surface area contributed by atoms with Crippen molar-refractivity contribution in [2.45, 2.75) is 257 Å². The maximum atomic E-state index is 14.5. The molecule has 15 amide bonds. The Hall–Kier alpha value is -8.86. The van der Waals surface area contributed by atoms with Gasteiger partial charge in [-0.15, -0.1) is 0 Å². The average molecular weight is 1560 g/mol. The van der Waals surface area contributed by atoms with Gasteiger partial charge in [0.25, 0.3) is 0 Å². The average Bonchev–Trinajstić information content (AvgIpc) is 1.67. The Morgan fingerprint density at radius 1 is 0.463 bits per heavy atom. The first kappa shape index (κ1) is 97.2. The predicted octanol–water partition coefficient (Wildman–Crippen LogP) is -6.15. The molecule has 1 aliphatic rings. The Bertz CT molecular complexity index is 3040. The number of carbonyl (C=O) groups is 17. The number of aliphatic carboxylic acids is 2. The highest BCUT2D eigenvalue weighted by atomic mass is 32.1. The van der Waals surface area contributed by atoms with Gasteiger partial charge in [0, 0.05) is 25.1 Å². The number of aliphatic hydroxyl groups excluding tert-OH is 2. The molecule has 0 unspecified atom stereocenters. The van der Waals surface area contributed by atoms with Crippen molar-refractivity contribution in [3.63, 3.8) is 0 Å². The smallest absolute Gasteiger partial charge is 0.328 e. The monoisotopic (exact) mass is 1560 g/mol. The molecule has 0 saturated carbocycles. The molecule has 25 N–H and O–H groups in total. The van der Waals surface area contributed by atoms with Crippen LogP contribution in [0.3, 0.4) is 0 Å². The lowest BCUT2D eigenvalue weighted by Crippen LogP contribution is -2.61. The van der Waals surface area contributed by atoms with Crippen molar-refractivity contribution in [2.75, 3.05) is 45.1 Å². The highest BCUT2D eigenvalue weighted by molar-refractivity contribution is 7.80. The molecule has 1 fully saturated rings. The molecule has 16 atom stereocenters. The third-order valence-electron chi connectivity index (χ3n) is 17.9. The van der Waals surface area contributed by atoms with E-state index in [0.29, 0.717) is 25.7 Å². The summed E-state index contributed by atoms with van der Waals surface area (Å²) in [4.78, 5) is 230. The number of nitrogens with two attached hydrogens (primary N) is 4. The van der Waals surface area contributed by atoms with Gasteiger partial charge in [0.05, 0.1) is 25.8 Å². The van der Waals surface area contributed by atoms with Crippen LogP contribution in [0.2, 0.25) is 0 Å². The fourth-order valence-corrected chi connectivity index (χ4v) is 11.3. The van der Waals surface area contributed by atoms with Crippen LogP contribution >= 0.6 is 12.6 Å². The summed E-state index contributed by atoms with van der Waals surface area (Å²) in [5.41, 5.74) is 22.7.